The van der Waals surface area contributed by atoms with Gasteiger partial charge in [-0.1, -0.05) is 11.6 Å². The van der Waals surface area contributed by atoms with E-state index in [1.807, 2.05) is 0 Å². The second-order valence-corrected chi connectivity index (χ2v) is 5.43. The van der Waals surface area contributed by atoms with Gasteiger partial charge in [0.15, 0.2) is 0 Å². The van der Waals surface area contributed by atoms with E-state index in [2.05, 4.69) is 11.4 Å². The monoisotopic (exact) mass is 290 g/mol. The summed E-state index contributed by atoms with van der Waals surface area (Å²) in [4.78, 5) is 10.1. The summed E-state index contributed by atoms with van der Waals surface area (Å²) in [5.74, 6) is 0. The van der Waals surface area contributed by atoms with Crippen LogP contribution >= 0.6 is 0 Å². The van der Waals surface area contributed by atoms with Crippen molar-refractivity contribution < 1.29 is 10.0 Å². The molecule has 0 aromatic heterocycles. The molecule has 1 aliphatic carbocycles. The Labute approximate surface area is 124 Å². The Hall–Kier alpha value is -1.72. The number of non-ortho nitro benzene ring substituents is 1. The second kappa shape index (κ2) is 7.90. The summed E-state index contributed by atoms with van der Waals surface area (Å²) in [5.41, 5.74) is 2.26. The molecule has 114 valence electrons. The van der Waals surface area contributed by atoms with Gasteiger partial charge in [0.25, 0.3) is 5.69 Å². The molecule has 1 aromatic rings. The molecule has 2 N–H and O–H groups in total. The van der Waals surface area contributed by atoms with Crippen molar-refractivity contribution in [2.45, 2.75) is 38.2 Å². The van der Waals surface area contributed by atoms with Crippen LogP contribution in [0.5, 0.6) is 0 Å². The number of aliphatic hydroxyl groups is 1. The Morgan fingerprint density at radius 1 is 1.29 bits per heavy atom. The Morgan fingerprint density at radius 3 is 2.67 bits per heavy atom. The second-order valence-electron chi connectivity index (χ2n) is 5.43. The van der Waals surface area contributed by atoms with E-state index in [0.717, 1.165) is 13.0 Å². The van der Waals surface area contributed by atoms with Gasteiger partial charge in [-0.25, -0.2) is 0 Å². The van der Waals surface area contributed by atoms with Gasteiger partial charge in [-0.05, 0) is 56.3 Å². The number of benzene rings is 1. The van der Waals surface area contributed by atoms with Gasteiger partial charge in [0.1, 0.15) is 0 Å². The van der Waals surface area contributed by atoms with E-state index in [1.54, 1.807) is 12.1 Å². The minimum absolute atomic E-state index is 0.0446. The van der Waals surface area contributed by atoms with Crippen molar-refractivity contribution in [3.8, 4) is 0 Å². The minimum atomic E-state index is -0.633. The number of hydrogen-bond donors (Lipinski definition) is 2. The van der Waals surface area contributed by atoms with Crippen LogP contribution in [-0.2, 0) is 0 Å². The first-order valence-corrected chi connectivity index (χ1v) is 7.48. The van der Waals surface area contributed by atoms with Crippen molar-refractivity contribution in [2.24, 2.45) is 0 Å². The SMILES string of the molecule is O=[N+]([O-])c1ccc(C(O)CNCCC2=CCCCC2)cc1. The summed E-state index contributed by atoms with van der Waals surface area (Å²) < 4.78 is 0. The van der Waals surface area contributed by atoms with Crippen LogP contribution in [0.15, 0.2) is 35.9 Å². The van der Waals surface area contributed by atoms with Gasteiger partial charge < -0.3 is 10.4 Å². The summed E-state index contributed by atoms with van der Waals surface area (Å²) in [6.07, 6.45) is 7.72. The molecule has 0 saturated carbocycles. The number of nitrogens with one attached hydrogen (secondary N) is 1. The zero-order valence-electron chi connectivity index (χ0n) is 12.1. The number of nitro groups is 1. The third-order valence-electron chi connectivity index (χ3n) is 3.83. The molecule has 0 saturated heterocycles. The van der Waals surface area contributed by atoms with Gasteiger partial charge in [-0.3, -0.25) is 10.1 Å². The van der Waals surface area contributed by atoms with E-state index in [0.29, 0.717) is 12.1 Å². The summed E-state index contributed by atoms with van der Waals surface area (Å²) in [7, 11) is 0. The number of nitro benzene ring substituents is 1. The maximum atomic E-state index is 10.6. The van der Waals surface area contributed by atoms with Crippen LogP contribution in [0.2, 0.25) is 0 Å². The first-order valence-electron chi connectivity index (χ1n) is 7.48. The lowest BCUT2D eigenvalue weighted by Crippen LogP contribution is -2.23. The molecule has 0 radical (unpaired) electrons. The Kier molecular flexibility index (Phi) is 5.90. The normalized spacial score (nSPS) is 16.3. The fourth-order valence-corrected chi connectivity index (χ4v) is 2.56. The Morgan fingerprint density at radius 2 is 2.05 bits per heavy atom. The first kappa shape index (κ1) is 15.7. The van der Waals surface area contributed by atoms with Gasteiger partial charge >= 0.3 is 0 Å². The summed E-state index contributed by atoms with van der Waals surface area (Å²) in [6, 6.07) is 6.05. The van der Waals surface area contributed by atoms with Gasteiger partial charge in [0.05, 0.1) is 11.0 Å². The molecular formula is C16H22N2O3. The van der Waals surface area contributed by atoms with Crippen LogP contribution in [0.25, 0.3) is 0 Å². The van der Waals surface area contributed by atoms with Crippen molar-refractivity contribution in [1.29, 1.82) is 0 Å². The highest BCUT2D eigenvalue weighted by Gasteiger charge is 2.10. The molecule has 0 heterocycles. The summed E-state index contributed by atoms with van der Waals surface area (Å²) in [6.45, 7) is 1.32. The zero-order chi connectivity index (χ0) is 15.1. The largest absolute Gasteiger partial charge is 0.387 e. The van der Waals surface area contributed by atoms with Crippen molar-refractivity contribution in [3.63, 3.8) is 0 Å². The first-order chi connectivity index (χ1) is 10.2. The van der Waals surface area contributed by atoms with E-state index in [9.17, 15) is 15.2 Å². The maximum absolute atomic E-state index is 10.6. The molecule has 1 unspecified atom stereocenters. The van der Waals surface area contributed by atoms with E-state index < -0.39 is 11.0 Å². The molecule has 1 aliphatic rings. The minimum Gasteiger partial charge on any atom is -0.387 e. The van der Waals surface area contributed by atoms with E-state index in [1.165, 1.54) is 43.4 Å². The van der Waals surface area contributed by atoms with Crippen LogP contribution in [0.3, 0.4) is 0 Å². The number of nitrogens with zero attached hydrogens (tertiary/aromatic N) is 1. The quantitative estimate of drug-likeness (QED) is 0.350. The molecule has 21 heavy (non-hydrogen) atoms. The van der Waals surface area contributed by atoms with Gasteiger partial charge in [-0.15, -0.1) is 0 Å². The number of aliphatic hydroxyl groups excluding tert-OH is 1. The van der Waals surface area contributed by atoms with Crippen LogP contribution < -0.4 is 5.32 Å². The highest BCUT2D eigenvalue weighted by Crippen LogP contribution is 2.20. The molecule has 0 amide bonds. The Bertz CT molecular complexity index is 497. The highest BCUT2D eigenvalue weighted by atomic mass is 16.6. The smallest absolute Gasteiger partial charge is 0.269 e. The van der Waals surface area contributed by atoms with E-state index >= 15 is 0 Å². The lowest BCUT2D eigenvalue weighted by molar-refractivity contribution is -0.384. The topological polar surface area (TPSA) is 75.4 Å². The molecular weight excluding hydrogens is 268 g/mol. The molecule has 1 atom stereocenters. The number of rotatable bonds is 7. The van der Waals surface area contributed by atoms with Crippen LogP contribution in [-0.4, -0.2) is 23.1 Å². The van der Waals surface area contributed by atoms with Crippen molar-refractivity contribution >= 4 is 5.69 Å². The fraction of sp³-hybridized carbons (Fsp3) is 0.500. The van der Waals surface area contributed by atoms with Gasteiger partial charge in [0.2, 0.25) is 0 Å². The van der Waals surface area contributed by atoms with Gasteiger partial charge in [0, 0.05) is 18.7 Å². The molecule has 2 rings (SSSR count). The summed E-state index contributed by atoms with van der Waals surface area (Å²) >= 11 is 0. The molecule has 0 fully saturated rings. The van der Waals surface area contributed by atoms with Crippen molar-refractivity contribution in [1.82, 2.24) is 5.32 Å². The lowest BCUT2D eigenvalue weighted by atomic mass is 9.97. The molecule has 0 aliphatic heterocycles. The van der Waals surface area contributed by atoms with Crippen LogP contribution in [0, 0.1) is 10.1 Å². The fourth-order valence-electron chi connectivity index (χ4n) is 2.56. The van der Waals surface area contributed by atoms with Crippen molar-refractivity contribution in [3.05, 3.63) is 51.6 Å². The third-order valence-corrected chi connectivity index (χ3v) is 3.83. The predicted octanol–water partition coefficient (Wildman–Crippen LogP) is 3.11. The van der Waals surface area contributed by atoms with Crippen LogP contribution in [0.4, 0.5) is 5.69 Å². The average Bonchev–Trinajstić information content (AvgIpc) is 2.52. The molecule has 0 spiro atoms. The molecule has 1 aromatic carbocycles. The van der Waals surface area contributed by atoms with E-state index in [-0.39, 0.29) is 5.69 Å². The molecule has 5 heteroatoms. The highest BCUT2D eigenvalue weighted by molar-refractivity contribution is 5.33. The summed E-state index contributed by atoms with van der Waals surface area (Å²) in [5, 5.41) is 23.9. The number of allylic oxidation sites excluding steroid dienone is 1. The predicted molar refractivity (Wildman–Crippen MR) is 82.1 cm³/mol. The third kappa shape index (κ3) is 4.95. The zero-order valence-corrected chi connectivity index (χ0v) is 12.1. The number of hydrogen-bond acceptors (Lipinski definition) is 4. The van der Waals surface area contributed by atoms with Gasteiger partial charge in [-0.2, -0.15) is 0 Å². The average molecular weight is 290 g/mol. The van der Waals surface area contributed by atoms with E-state index in [4.69, 9.17) is 0 Å². The van der Waals surface area contributed by atoms with Crippen LogP contribution in [0.1, 0.15) is 43.8 Å². The lowest BCUT2D eigenvalue weighted by Gasteiger charge is -2.15. The van der Waals surface area contributed by atoms with Crippen molar-refractivity contribution in [2.75, 3.05) is 13.1 Å². The Balaban J connectivity index is 1.72. The maximum Gasteiger partial charge on any atom is 0.269 e. The standard InChI is InChI=1S/C16H22N2O3/c19-16(14-6-8-15(9-7-14)18(20)21)12-17-11-10-13-4-2-1-3-5-13/h4,6-9,16-17,19H,1-3,5,10-12H2. The molecule has 5 nitrogen and oxygen atoms in total. The molecule has 0 bridgehead atoms.